The van der Waals surface area contributed by atoms with Crippen LogP contribution in [0.3, 0.4) is 0 Å². The Bertz CT molecular complexity index is 1070. The predicted molar refractivity (Wildman–Crippen MR) is 114 cm³/mol. The molecule has 3 aromatic rings. The number of rotatable bonds is 3. The number of aliphatic hydroxyl groups excluding tert-OH is 2. The molecule has 1 aromatic carbocycles. The minimum absolute atomic E-state index is 0.289. The van der Waals surface area contributed by atoms with E-state index in [1.165, 1.54) is 5.56 Å². The minimum Gasteiger partial charge on any atom is -0.487 e. The molecule has 0 spiro atoms. The molecule has 6 nitrogen and oxygen atoms in total. The van der Waals surface area contributed by atoms with Gasteiger partial charge in [0.15, 0.2) is 0 Å². The van der Waals surface area contributed by atoms with Crippen molar-refractivity contribution in [3.8, 4) is 5.75 Å². The zero-order valence-corrected chi connectivity index (χ0v) is 17.8. The monoisotopic (exact) mass is 457 g/mol. The maximum atomic E-state index is 10.8. The highest BCUT2D eigenvalue weighted by Crippen LogP contribution is 2.38. The zero-order valence-electron chi connectivity index (χ0n) is 16.2. The van der Waals surface area contributed by atoms with E-state index in [1.54, 1.807) is 6.20 Å². The van der Waals surface area contributed by atoms with E-state index in [4.69, 9.17) is 4.74 Å². The Balaban J connectivity index is 1.45. The Labute approximate surface area is 177 Å². The van der Waals surface area contributed by atoms with E-state index < -0.39 is 18.3 Å². The van der Waals surface area contributed by atoms with Gasteiger partial charge in [0.05, 0.1) is 6.04 Å². The van der Waals surface area contributed by atoms with Gasteiger partial charge in [0, 0.05) is 40.8 Å². The molecule has 4 atom stereocenters. The first-order chi connectivity index (χ1) is 14.0. The second-order valence-electron chi connectivity index (χ2n) is 8.00. The van der Waals surface area contributed by atoms with Crippen molar-refractivity contribution in [2.45, 2.75) is 50.7 Å². The average molecular weight is 458 g/mol. The van der Waals surface area contributed by atoms with Crippen molar-refractivity contribution in [1.29, 1.82) is 0 Å². The molecule has 1 aliphatic heterocycles. The van der Waals surface area contributed by atoms with Crippen LogP contribution in [0.2, 0.25) is 0 Å². The van der Waals surface area contributed by atoms with Crippen molar-refractivity contribution in [1.82, 2.24) is 14.9 Å². The van der Waals surface area contributed by atoms with Crippen LogP contribution in [0, 0.1) is 6.92 Å². The summed E-state index contributed by atoms with van der Waals surface area (Å²) in [5.41, 5.74) is 4.36. The quantitative estimate of drug-likeness (QED) is 0.563. The first-order valence-corrected chi connectivity index (χ1v) is 10.8. The van der Waals surface area contributed by atoms with Crippen LogP contribution >= 0.6 is 15.9 Å². The summed E-state index contributed by atoms with van der Waals surface area (Å²) in [4.78, 5) is 4.50. The number of hydrogen-bond donors (Lipinski definition) is 3. The first kappa shape index (κ1) is 19.1. The molecule has 0 radical (unpaired) electrons. The summed E-state index contributed by atoms with van der Waals surface area (Å²) in [5, 5.41) is 26.0. The zero-order chi connectivity index (χ0) is 20.1. The molecule has 0 bridgehead atoms. The second kappa shape index (κ2) is 7.40. The molecule has 3 heterocycles. The first-order valence-electron chi connectivity index (χ1n) is 10.00. The van der Waals surface area contributed by atoms with Crippen LogP contribution in [0.4, 0.5) is 0 Å². The summed E-state index contributed by atoms with van der Waals surface area (Å²) >= 11 is 3.57. The van der Waals surface area contributed by atoms with Crippen molar-refractivity contribution in [2.75, 3.05) is 6.54 Å². The van der Waals surface area contributed by atoms with Gasteiger partial charge in [-0.15, -0.1) is 0 Å². The molecule has 1 saturated carbocycles. The Morgan fingerprint density at radius 2 is 2.10 bits per heavy atom. The standard InChI is InChI=1S/C22H24BrN3O3/c1-12-2-6-25-22-15(12)4-7-26(22)17-10-19(21(28)20(17)27)29-18-9-14(23)8-13-3-5-24-11-16(13)18/h2,4,6-9,17,19-21,24,27-28H,3,5,10-11H2,1H3/t17?,19?,20-,21+/m0/s1. The number of pyridine rings is 1. The summed E-state index contributed by atoms with van der Waals surface area (Å²) < 4.78 is 9.22. The molecule has 2 aliphatic rings. The van der Waals surface area contributed by atoms with Crippen molar-refractivity contribution in [3.63, 3.8) is 0 Å². The normalized spacial score (nSPS) is 26.6. The van der Waals surface area contributed by atoms with Crippen LogP contribution < -0.4 is 10.1 Å². The van der Waals surface area contributed by atoms with Gasteiger partial charge >= 0.3 is 0 Å². The van der Waals surface area contributed by atoms with E-state index in [-0.39, 0.29) is 6.04 Å². The number of halogens is 1. The van der Waals surface area contributed by atoms with Crippen LogP contribution in [0.5, 0.6) is 5.75 Å². The molecule has 152 valence electrons. The summed E-state index contributed by atoms with van der Waals surface area (Å²) in [6.45, 7) is 3.74. The second-order valence-corrected chi connectivity index (χ2v) is 8.91. The van der Waals surface area contributed by atoms with Gasteiger partial charge in [-0.05, 0) is 55.3 Å². The molecule has 1 fully saturated rings. The molecule has 3 N–H and O–H groups in total. The maximum Gasteiger partial charge on any atom is 0.140 e. The van der Waals surface area contributed by atoms with E-state index in [2.05, 4.69) is 32.3 Å². The van der Waals surface area contributed by atoms with Gasteiger partial charge in [-0.25, -0.2) is 4.98 Å². The molecule has 2 unspecified atom stereocenters. The highest BCUT2D eigenvalue weighted by Gasteiger charge is 2.44. The van der Waals surface area contributed by atoms with Gasteiger partial charge in [0.2, 0.25) is 0 Å². The Morgan fingerprint density at radius 1 is 1.24 bits per heavy atom. The number of nitrogens with zero attached hydrogens (tertiary/aromatic N) is 2. The molecule has 0 saturated heterocycles. The molecular weight excluding hydrogens is 434 g/mol. The largest absolute Gasteiger partial charge is 0.487 e. The van der Waals surface area contributed by atoms with E-state index in [9.17, 15) is 10.2 Å². The lowest BCUT2D eigenvalue weighted by Gasteiger charge is -2.24. The van der Waals surface area contributed by atoms with Gasteiger partial charge in [-0.1, -0.05) is 15.9 Å². The summed E-state index contributed by atoms with van der Waals surface area (Å²) in [6.07, 6.45) is 2.81. The fraction of sp³-hybridized carbons (Fsp3) is 0.409. The number of benzene rings is 1. The Morgan fingerprint density at radius 3 is 2.97 bits per heavy atom. The number of hydrogen-bond acceptors (Lipinski definition) is 5. The fourth-order valence-electron chi connectivity index (χ4n) is 4.61. The van der Waals surface area contributed by atoms with Crippen LogP contribution in [-0.4, -0.2) is 44.6 Å². The van der Waals surface area contributed by atoms with E-state index in [0.29, 0.717) is 6.42 Å². The SMILES string of the molecule is Cc1ccnc2c1ccn2C1CC(Oc2cc(Br)cc3c2CNCC3)[C@@H](O)[C@H]1O. The van der Waals surface area contributed by atoms with E-state index >= 15 is 0 Å². The van der Waals surface area contributed by atoms with Crippen LogP contribution in [-0.2, 0) is 13.0 Å². The molecular formula is C22H24BrN3O3. The van der Waals surface area contributed by atoms with Crippen molar-refractivity contribution in [2.24, 2.45) is 0 Å². The van der Waals surface area contributed by atoms with Crippen molar-refractivity contribution >= 4 is 27.0 Å². The molecule has 29 heavy (non-hydrogen) atoms. The van der Waals surface area contributed by atoms with E-state index in [1.807, 2.05) is 35.9 Å². The van der Waals surface area contributed by atoms with Gasteiger partial charge in [0.25, 0.3) is 0 Å². The fourth-order valence-corrected chi connectivity index (χ4v) is 5.10. The number of nitrogens with one attached hydrogen (secondary N) is 1. The number of aliphatic hydroxyl groups is 2. The third-order valence-corrected chi connectivity index (χ3v) is 6.66. The Hall–Kier alpha value is -1.93. The summed E-state index contributed by atoms with van der Waals surface area (Å²) in [5.74, 6) is 0.768. The number of ether oxygens (including phenoxy) is 1. The minimum atomic E-state index is -0.964. The lowest BCUT2D eigenvalue weighted by atomic mass is 10.00. The molecule has 0 amide bonds. The molecule has 2 aromatic heterocycles. The van der Waals surface area contributed by atoms with Crippen molar-refractivity contribution < 1.29 is 14.9 Å². The van der Waals surface area contributed by atoms with Gasteiger partial charge in [-0.2, -0.15) is 0 Å². The van der Waals surface area contributed by atoms with E-state index in [0.717, 1.165) is 51.9 Å². The number of aryl methyl sites for hydroxylation is 1. The smallest absolute Gasteiger partial charge is 0.140 e. The topological polar surface area (TPSA) is 79.5 Å². The third kappa shape index (κ3) is 3.26. The lowest BCUT2D eigenvalue weighted by Crippen LogP contribution is -2.34. The average Bonchev–Trinajstić information content (AvgIpc) is 3.25. The predicted octanol–water partition coefficient (Wildman–Crippen LogP) is 2.87. The molecule has 1 aliphatic carbocycles. The molecule has 5 rings (SSSR count). The van der Waals surface area contributed by atoms with Gasteiger partial charge < -0.3 is 24.8 Å². The highest BCUT2D eigenvalue weighted by atomic mass is 79.9. The summed E-state index contributed by atoms with van der Waals surface area (Å²) in [6, 6.07) is 7.78. The maximum absolute atomic E-state index is 10.8. The van der Waals surface area contributed by atoms with Crippen molar-refractivity contribution in [3.05, 3.63) is 57.8 Å². The Kier molecular flexibility index (Phi) is 4.86. The lowest BCUT2D eigenvalue weighted by molar-refractivity contribution is -0.0166. The summed E-state index contributed by atoms with van der Waals surface area (Å²) in [7, 11) is 0. The van der Waals surface area contributed by atoms with Gasteiger partial charge in [-0.3, -0.25) is 0 Å². The number of aromatic nitrogens is 2. The molecule has 7 heteroatoms. The third-order valence-electron chi connectivity index (χ3n) is 6.21. The van der Waals surface area contributed by atoms with Crippen LogP contribution in [0.25, 0.3) is 11.0 Å². The van der Waals surface area contributed by atoms with Crippen LogP contribution in [0.15, 0.2) is 41.1 Å². The highest BCUT2D eigenvalue weighted by molar-refractivity contribution is 9.10. The number of fused-ring (bicyclic) bond motifs is 2. The van der Waals surface area contributed by atoms with Crippen LogP contribution in [0.1, 0.15) is 29.2 Å². The van der Waals surface area contributed by atoms with Gasteiger partial charge in [0.1, 0.15) is 29.7 Å².